The van der Waals surface area contributed by atoms with E-state index in [2.05, 4.69) is 10.2 Å². The van der Waals surface area contributed by atoms with Crippen LogP contribution in [-0.4, -0.2) is 49.6 Å². The molecule has 172 valence electrons. The first-order chi connectivity index (χ1) is 16.1. The molecule has 1 amide bonds. The summed E-state index contributed by atoms with van der Waals surface area (Å²) in [5.74, 6) is 0.826. The molecule has 5 rings (SSSR count). The van der Waals surface area contributed by atoms with Gasteiger partial charge < -0.3 is 24.4 Å². The minimum absolute atomic E-state index is 0.101. The Hall–Kier alpha value is -2.87. The van der Waals surface area contributed by atoms with E-state index in [4.69, 9.17) is 30.8 Å². The van der Waals surface area contributed by atoms with Crippen LogP contribution in [0.3, 0.4) is 0 Å². The highest BCUT2D eigenvalue weighted by atomic mass is 35.5. The third-order valence-electron chi connectivity index (χ3n) is 6.12. The van der Waals surface area contributed by atoms with Crippen molar-refractivity contribution in [1.82, 2.24) is 10.3 Å². The maximum Gasteiger partial charge on any atom is 0.258 e. The van der Waals surface area contributed by atoms with Gasteiger partial charge in [0.1, 0.15) is 17.1 Å². The lowest BCUT2D eigenvalue weighted by Gasteiger charge is -2.38. The third kappa shape index (κ3) is 4.90. The highest BCUT2D eigenvalue weighted by Gasteiger charge is 2.40. The maximum absolute atomic E-state index is 12.3. The fourth-order valence-electron chi connectivity index (χ4n) is 4.29. The number of hydrogen-bond donors (Lipinski definition) is 1. The van der Waals surface area contributed by atoms with Gasteiger partial charge in [0, 0.05) is 42.9 Å². The second-order valence-corrected chi connectivity index (χ2v) is 8.66. The highest BCUT2D eigenvalue weighted by Crippen LogP contribution is 2.34. The smallest absolute Gasteiger partial charge is 0.258 e. The van der Waals surface area contributed by atoms with Gasteiger partial charge in [0.15, 0.2) is 12.4 Å². The number of nitrogens with one attached hydrogen (secondary N) is 1. The quantitative estimate of drug-likeness (QED) is 0.592. The zero-order valence-corrected chi connectivity index (χ0v) is 19.0. The van der Waals surface area contributed by atoms with Crippen molar-refractivity contribution in [1.29, 1.82) is 0 Å². The first kappa shape index (κ1) is 21.9. The zero-order valence-electron chi connectivity index (χ0n) is 18.3. The van der Waals surface area contributed by atoms with Gasteiger partial charge in [-0.15, -0.1) is 0 Å². The molecule has 0 aliphatic carbocycles. The van der Waals surface area contributed by atoms with E-state index in [-0.39, 0.29) is 12.5 Å². The molecule has 2 aromatic carbocycles. The monoisotopic (exact) mass is 467 g/mol. The average Bonchev–Trinajstić information content (AvgIpc) is 3.30. The summed E-state index contributed by atoms with van der Waals surface area (Å²) < 4.78 is 17.5. The number of ether oxygens (including phenoxy) is 3. The molecule has 33 heavy (non-hydrogen) atoms. The van der Waals surface area contributed by atoms with Crippen molar-refractivity contribution in [2.45, 2.75) is 25.2 Å². The van der Waals surface area contributed by atoms with Gasteiger partial charge in [-0.25, -0.2) is 4.98 Å². The Bertz CT molecular complexity index is 1140. The number of halogens is 1. The number of benzene rings is 2. The van der Waals surface area contributed by atoms with Crippen molar-refractivity contribution in [2.75, 3.05) is 37.8 Å². The third-order valence-corrected chi connectivity index (χ3v) is 6.49. The summed E-state index contributed by atoms with van der Waals surface area (Å²) in [7, 11) is 0. The molecule has 2 fully saturated rings. The summed E-state index contributed by atoms with van der Waals surface area (Å²) in [5.41, 5.74) is 1.60. The number of amides is 1. The topological polar surface area (TPSA) is 72.9 Å². The van der Waals surface area contributed by atoms with Crippen LogP contribution in [0.2, 0.25) is 5.02 Å². The van der Waals surface area contributed by atoms with Crippen LogP contribution in [0.1, 0.15) is 18.4 Å². The molecule has 2 aliphatic heterocycles. The summed E-state index contributed by atoms with van der Waals surface area (Å²) >= 11 is 6.15. The van der Waals surface area contributed by atoms with Gasteiger partial charge in [0.25, 0.3) is 5.91 Å². The molecule has 0 radical (unpaired) electrons. The highest BCUT2D eigenvalue weighted by molar-refractivity contribution is 6.31. The standard InChI is InChI=1S/C25H26ClN3O4/c26-20-6-2-1-4-19(20)16-27-23(30)17-31-21-7-3-5-18-8-9-22(28-24(18)21)29-12-10-25(11-13-29)32-14-15-33-25/h1-9H,10-17H2,(H,27,30). The number of pyridine rings is 1. The zero-order chi connectivity index (χ0) is 22.7. The van der Waals surface area contributed by atoms with E-state index >= 15 is 0 Å². The number of carbonyl (C=O) groups is 1. The summed E-state index contributed by atoms with van der Waals surface area (Å²) in [6.45, 7) is 3.21. The number of aromatic nitrogens is 1. The Balaban J connectivity index is 1.24. The number of anilines is 1. The average molecular weight is 468 g/mol. The van der Waals surface area contributed by atoms with Gasteiger partial charge in [0.05, 0.1) is 13.2 Å². The number of carbonyl (C=O) groups excluding carboxylic acids is 1. The van der Waals surface area contributed by atoms with E-state index in [1.165, 1.54) is 0 Å². The van der Waals surface area contributed by atoms with Crippen LogP contribution < -0.4 is 15.0 Å². The van der Waals surface area contributed by atoms with Crippen LogP contribution in [0.15, 0.2) is 54.6 Å². The lowest BCUT2D eigenvalue weighted by atomic mass is 10.0. The molecule has 0 bridgehead atoms. The van der Waals surface area contributed by atoms with E-state index in [9.17, 15) is 4.79 Å². The molecule has 7 nitrogen and oxygen atoms in total. The van der Waals surface area contributed by atoms with E-state index in [1.807, 2.05) is 48.5 Å². The van der Waals surface area contributed by atoms with E-state index in [1.54, 1.807) is 6.07 Å². The Morgan fingerprint density at radius 1 is 1.06 bits per heavy atom. The van der Waals surface area contributed by atoms with Crippen molar-refractivity contribution in [2.24, 2.45) is 0 Å². The molecule has 2 saturated heterocycles. The predicted molar refractivity (Wildman–Crippen MR) is 127 cm³/mol. The normalized spacial score (nSPS) is 17.4. The van der Waals surface area contributed by atoms with Crippen LogP contribution in [0, 0.1) is 0 Å². The van der Waals surface area contributed by atoms with E-state index in [0.29, 0.717) is 30.5 Å². The lowest BCUT2D eigenvalue weighted by molar-refractivity contribution is -0.169. The second kappa shape index (κ2) is 9.55. The molecular weight excluding hydrogens is 442 g/mol. The fourth-order valence-corrected chi connectivity index (χ4v) is 4.50. The summed E-state index contributed by atoms with van der Waals surface area (Å²) in [6.07, 6.45) is 1.63. The van der Waals surface area contributed by atoms with Crippen LogP contribution in [0.4, 0.5) is 5.82 Å². The van der Waals surface area contributed by atoms with Gasteiger partial charge >= 0.3 is 0 Å². The number of fused-ring (bicyclic) bond motifs is 1. The number of para-hydroxylation sites is 1. The molecule has 1 N–H and O–H groups in total. The van der Waals surface area contributed by atoms with Crippen molar-refractivity contribution in [3.8, 4) is 5.75 Å². The van der Waals surface area contributed by atoms with Gasteiger partial charge in [-0.1, -0.05) is 41.9 Å². The van der Waals surface area contributed by atoms with Crippen LogP contribution >= 0.6 is 11.6 Å². The molecule has 0 atom stereocenters. The minimum Gasteiger partial charge on any atom is -0.481 e. The van der Waals surface area contributed by atoms with E-state index in [0.717, 1.165) is 48.2 Å². The molecule has 1 spiro atoms. The number of rotatable bonds is 6. The van der Waals surface area contributed by atoms with Gasteiger partial charge in [0.2, 0.25) is 0 Å². The molecule has 8 heteroatoms. The molecule has 2 aliphatic rings. The Morgan fingerprint density at radius 3 is 2.64 bits per heavy atom. The first-order valence-corrected chi connectivity index (χ1v) is 11.6. The predicted octanol–water partition coefficient (Wildman–Crippen LogP) is 3.93. The largest absolute Gasteiger partial charge is 0.481 e. The molecular formula is C25H26ClN3O4. The van der Waals surface area contributed by atoms with E-state index < -0.39 is 5.79 Å². The van der Waals surface area contributed by atoms with Crippen LogP contribution in [0.25, 0.3) is 10.9 Å². The SMILES string of the molecule is O=C(COc1cccc2ccc(N3CCC4(CC3)OCCO4)nc12)NCc1ccccc1Cl. The summed E-state index contributed by atoms with van der Waals surface area (Å²) in [5, 5.41) is 4.43. The maximum atomic E-state index is 12.3. The molecule has 0 saturated carbocycles. The number of hydrogen-bond acceptors (Lipinski definition) is 6. The second-order valence-electron chi connectivity index (χ2n) is 8.25. The van der Waals surface area contributed by atoms with Gasteiger partial charge in [-0.3, -0.25) is 4.79 Å². The molecule has 1 aromatic heterocycles. The van der Waals surface area contributed by atoms with Crippen LogP contribution in [0.5, 0.6) is 5.75 Å². The van der Waals surface area contributed by atoms with Crippen LogP contribution in [-0.2, 0) is 20.8 Å². The fraction of sp³-hybridized carbons (Fsp3) is 0.360. The van der Waals surface area contributed by atoms with Crippen molar-refractivity contribution in [3.63, 3.8) is 0 Å². The first-order valence-electron chi connectivity index (χ1n) is 11.2. The number of piperidine rings is 1. The Kier molecular flexibility index (Phi) is 6.35. The van der Waals surface area contributed by atoms with Crippen molar-refractivity contribution < 1.29 is 19.0 Å². The van der Waals surface area contributed by atoms with Gasteiger partial charge in [-0.05, 0) is 29.8 Å². The lowest BCUT2D eigenvalue weighted by Crippen LogP contribution is -2.45. The molecule has 3 aromatic rings. The number of nitrogens with zero attached hydrogens (tertiary/aromatic N) is 2. The van der Waals surface area contributed by atoms with Crippen molar-refractivity contribution in [3.05, 3.63) is 65.2 Å². The molecule has 0 unspecified atom stereocenters. The Labute approximate surface area is 197 Å². The summed E-state index contributed by atoms with van der Waals surface area (Å²) in [6, 6.07) is 17.2. The molecule has 3 heterocycles. The summed E-state index contributed by atoms with van der Waals surface area (Å²) in [4.78, 5) is 19.4. The van der Waals surface area contributed by atoms with Crippen molar-refractivity contribution >= 4 is 34.2 Å². The Morgan fingerprint density at radius 2 is 1.85 bits per heavy atom. The van der Waals surface area contributed by atoms with Gasteiger partial charge in [-0.2, -0.15) is 0 Å². The minimum atomic E-state index is -0.418.